The van der Waals surface area contributed by atoms with Crippen LogP contribution < -0.4 is 5.73 Å². The fourth-order valence-electron chi connectivity index (χ4n) is 4.75. The SMILES string of the molecule is Cc1c(C(=O)O)cc(-c2ccc([N+](=O)[O-])cc2)n1C(CCC(N)=O)CC1CCCCC1. The number of benzene rings is 1. The second-order valence-corrected chi connectivity index (χ2v) is 8.41. The molecule has 1 fully saturated rings. The highest BCUT2D eigenvalue weighted by atomic mass is 16.6. The average Bonchev–Trinajstić information content (AvgIpc) is 3.09. The van der Waals surface area contributed by atoms with E-state index in [0.717, 1.165) is 19.3 Å². The van der Waals surface area contributed by atoms with Gasteiger partial charge in [-0.2, -0.15) is 0 Å². The number of carboxylic acid groups (broad SMARTS) is 1. The molecule has 1 amide bonds. The molecule has 1 atom stereocenters. The average molecular weight is 428 g/mol. The maximum Gasteiger partial charge on any atom is 0.337 e. The normalized spacial score (nSPS) is 15.5. The smallest absolute Gasteiger partial charge is 0.337 e. The topological polar surface area (TPSA) is 128 Å². The van der Waals surface area contributed by atoms with E-state index in [2.05, 4.69) is 0 Å². The highest BCUT2D eigenvalue weighted by Crippen LogP contribution is 2.38. The van der Waals surface area contributed by atoms with Crippen molar-refractivity contribution in [2.45, 2.75) is 64.3 Å². The van der Waals surface area contributed by atoms with E-state index in [1.807, 2.05) is 4.57 Å². The van der Waals surface area contributed by atoms with Gasteiger partial charge in [0.1, 0.15) is 0 Å². The molecule has 0 aliphatic heterocycles. The molecule has 0 bridgehead atoms. The molecule has 31 heavy (non-hydrogen) atoms. The quantitative estimate of drug-likeness (QED) is 0.437. The monoisotopic (exact) mass is 427 g/mol. The van der Waals surface area contributed by atoms with Crippen molar-refractivity contribution in [2.75, 3.05) is 0 Å². The van der Waals surface area contributed by atoms with Crippen LogP contribution in [0.4, 0.5) is 5.69 Å². The van der Waals surface area contributed by atoms with Crippen LogP contribution in [0.3, 0.4) is 0 Å². The van der Waals surface area contributed by atoms with E-state index in [4.69, 9.17) is 5.73 Å². The van der Waals surface area contributed by atoms with Gasteiger partial charge in [0.25, 0.3) is 5.69 Å². The molecule has 1 aliphatic rings. The number of amides is 1. The molecule has 0 saturated heterocycles. The standard InChI is InChI=1S/C23H29N3O5/c1-15-20(23(28)29)14-21(17-7-9-18(10-8-17)26(30)31)25(15)19(11-12-22(24)27)13-16-5-3-2-4-6-16/h7-10,14,16,19H,2-6,11-13H2,1H3,(H2,24,27)(H,28,29). The lowest BCUT2D eigenvalue weighted by Crippen LogP contribution is -2.21. The van der Waals surface area contributed by atoms with E-state index in [9.17, 15) is 24.8 Å². The van der Waals surface area contributed by atoms with Gasteiger partial charge in [0.15, 0.2) is 0 Å². The van der Waals surface area contributed by atoms with E-state index < -0.39 is 10.9 Å². The number of carboxylic acids is 1. The molecule has 1 saturated carbocycles. The molecule has 166 valence electrons. The molecule has 8 heteroatoms. The number of aromatic nitrogens is 1. The summed E-state index contributed by atoms with van der Waals surface area (Å²) in [6.07, 6.45) is 7.47. The Morgan fingerprint density at radius 2 is 1.87 bits per heavy atom. The summed E-state index contributed by atoms with van der Waals surface area (Å²) in [5.41, 5.74) is 7.61. The zero-order valence-electron chi connectivity index (χ0n) is 17.8. The third-order valence-corrected chi connectivity index (χ3v) is 6.32. The van der Waals surface area contributed by atoms with Crippen molar-refractivity contribution in [1.82, 2.24) is 4.57 Å². The minimum atomic E-state index is -1.02. The number of carbonyl (C=O) groups is 2. The van der Waals surface area contributed by atoms with Crippen molar-refractivity contribution < 1.29 is 19.6 Å². The van der Waals surface area contributed by atoms with E-state index in [1.54, 1.807) is 25.1 Å². The minimum absolute atomic E-state index is 0.0236. The molecule has 1 aromatic carbocycles. The Labute approximate surface area is 181 Å². The number of nitro benzene ring substituents is 1. The molecule has 0 radical (unpaired) electrons. The zero-order valence-corrected chi connectivity index (χ0v) is 17.8. The third kappa shape index (κ3) is 5.31. The maximum absolute atomic E-state index is 11.9. The lowest BCUT2D eigenvalue weighted by atomic mass is 9.83. The largest absolute Gasteiger partial charge is 0.478 e. The summed E-state index contributed by atoms with van der Waals surface area (Å²) in [6.45, 7) is 1.77. The van der Waals surface area contributed by atoms with Gasteiger partial charge in [-0.05, 0) is 49.4 Å². The lowest BCUT2D eigenvalue weighted by molar-refractivity contribution is -0.384. The maximum atomic E-state index is 11.9. The molecular formula is C23H29N3O5. The fraction of sp³-hybridized carbons (Fsp3) is 0.478. The first-order chi connectivity index (χ1) is 14.8. The summed E-state index contributed by atoms with van der Waals surface area (Å²) in [5.74, 6) is -0.883. The first-order valence-corrected chi connectivity index (χ1v) is 10.8. The summed E-state index contributed by atoms with van der Waals surface area (Å²) in [4.78, 5) is 34.0. The van der Waals surface area contributed by atoms with Gasteiger partial charge in [0.2, 0.25) is 5.91 Å². The summed E-state index contributed by atoms with van der Waals surface area (Å²) in [6, 6.07) is 7.66. The van der Waals surface area contributed by atoms with Gasteiger partial charge < -0.3 is 15.4 Å². The number of rotatable bonds is 9. The number of nitrogens with two attached hydrogens (primary N) is 1. The second kappa shape index (κ2) is 9.76. The number of nitrogens with zero attached hydrogens (tertiary/aromatic N) is 2. The minimum Gasteiger partial charge on any atom is -0.478 e. The number of hydrogen-bond donors (Lipinski definition) is 2. The van der Waals surface area contributed by atoms with Crippen LogP contribution in [0.25, 0.3) is 11.3 Å². The number of nitro groups is 1. The van der Waals surface area contributed by atoms with Gasteiger partial charge in [0.05, 0.1) is 10.5 Å². The Morgan fingerprint density at radius 3 is 2.42 bits per heavy atom. The number of carbonyl (C=O) groups excluding carboxylic acids is 1. The van der Waals surface area contributed by atoms with Crippen molar-refractivity contribution in [3.63, 3.8) is 0 Å². The lowest BCUT2D eigenvalue weighted by Gasteiger charge is -2.30. The van der Waals surface area contributed by atoms with Gasteiger partial charge in [-0.1, -0.05) is 32.1 Å². The first-order valence-electron chi connectivity index (χ1n) is 10.8. The molecule has 1 aliphatic carbocycles. The van der Waals surface area contributed by atoms with Crippen molar-refractivity contribution in [3.8, 4) is 11.3 Å². The fourth-order valence-corrected chi connectivity index (χ4v) is 4.75. The van der Waals surface area contributed by atoms with Crippen molar-refractivity contribution in [2.24, 2.45) is 11.7 Å². The third-order valence-electron chi connectivity index (χ3n) is 6.32. The summed E-state index contributed by atoms with van der Waals surface area (Å²) < 4.78 is 2.00. The van der Waals surface area contributed by atoms with Crippen LogP contribution in [0, 0.1) is 23.0 Å². The van der Waals surface area contributed by atoms with Gasteiger partial charge in [-0.25, -0.2) is 4.79 Å². The van der Waals surface area contributed by atoms with Crippen LogP contribution in [-0.4, -0.2) is 26.5 Å². The van der Waals surface area contributed by atoms with E-state index in [1.165, 1.54) is 31.4 Å². The predicted molar refractivity (Wildman–Crippen MR) is 117 cm³/mol. The summed E-state index contributed by atoms with van der Waals surface area (Å²) in [5, 5.41) is 20.7. The Balaban J connectivity index is 2.05. The van der Waals surface area contributed by atoms with Crippen LogP contribution in [0.1, 0.15) is 73.5 Å². The van der Waals surface area contributed by atoms with Crippen LogP contribution in [-0.2, 0) is 4.79 Å². The molecule has 3 rings (SSSR count). The molecule has 1 heterocycles. The Bertz CT molecular complexity index is 958. The van der Waals surface area contributed by atoms with Crippen LogP contribution >= 0.6 is 0 Å². The number of primary amides is 1. The van der Waals surface area contributed by atoms with Crippen molar-refractivity contribution in [1.29, 1.82) is 0 Å². The van der Waals surface area contributed by atoms with Crippen LogP contribution in [0.15, 0.2) is 30.3 Å². The Morgan fingerprint density at radius 1 is 1.23 bits per heavy atom. The van der Waals surface area contributed by atoms with Crippen molar-refractivity contribution >= 4 is 17.6 Å². The predicted octanol–water partition coefficient (Wildman–Crippen LogP) is 4.85. The van der Waals surface area contributed by atoms with Crippen molar-refractivity contribution in [3.05, 3.63) is 51.7 Å². The number of aromatic carboxylic acids is 1. The molecule has 0 spiro atoms. The van der Waals surface area contributed by atoms with E-state index in [0.29, 0.717) is 29.3 Å². The number of non-ortho nitro benzene ring substituents is 1. The summed E-state index contributed by atoms with van der Waals surface area (Å²) >= 11 is 0. The van der Waals surface area contributed by atoms with Gasteiger partial charge in [0, 0.05) is 36.0 Å². The molecule has 1 aromatic heterocycles. The molecule has 3 N–H and O–H groups in total. The molecule has 8 nitrogen and oxygen atoms in total. The zero-order chi connectivity index (χ0) is 22.5. The van der Waals surface area contributed by atoms with Gasteiger partial charge >= 0.3 is 5.97 Å². The number of hydrogen-bond acceptors (Lipinski definition) is 4. The van der Waals surface area contributed by atoms with Gasteiger partial charge in [-0.3, -0.25) is 14.9 Å². The Kier molecular flexibility index (Phi) is 7.09. The van der Waals surface area contributed by atoms with Crippen LogP contribution in [0.2, 0.25) is 0 Å². The highest BCUT2D eigenvalue weighted by Gasteiger charge is 2.27. The van der Waals surface area contributed by atoms with Gasteiger partial charge in [-0.15, -0.1) is 0 Å². The van der Waals surface area contributed by atoms with E-state index in [-0.39, 0.29) is 29.6 Å². The first kappa shape index (κ1) is 22.5. The Hall–Kier alpha value is -3.16. The molecule has 2 aromatic rings. The van der Waals surface area contributed by atoms with Crippen LogP contribution in [0.5, 0.6) is 0 Å². The van der Waals surface area contributed by atoms with E-state index >= 15 is 0 Å². The molecule has 1 unspecified atom stereocenters. The molecular weight excluding hydrogens is 398 g/mol. The summed E-state index contributed by atoms with van der Waals surface area (Å²) in [7, 11) is 0. The highest BCUT2D eigenvalue weighted by molar-refractivity contribution is 5.91. The second-order valence-electron chi connectivity index (χ2n) is 8.41.